The Labute approximate surface area is 108 Å². The second kappa shape index (κ2) is 5.05. The molecule has 0 aliphatic rings. The summed E-state index contributed by atoms with van der Waals surface area (Å²) in [6.07, 6.45) is 0.0684. The number of nitrogens with one attached hydrogen (secondary N) is 1. The smallest absolute Gasteiger partial charge is 0.0594 e. The Kier molecular flexibility index (Phi) is 2.48. The Hall–Kier alpha value is -1.76. The highest BCUT2D eigenvalue weighted by molar-refractivity contribution is 5.47. The average molecular weight is 228 g/mol. The third kappa shape index (κ3) is 2.68. The van der Waals surface area contributed by atoms with Crippen LogP contribution in [-0.2, 0) is 5.54 Å². The SMILES string of the molecule is [2H]C([2H])([2H])CC(C)(Nc1ccccc1)c1ccccc1. The molecule has 0 fully saturated rings. The summed E-state index contributed by atoms with van der Waals surface area (Å²) in [5.41, 5.74) is 1.26. The van der Waals surface area contributed by atoms with Gasteiger partial charge in [-0.25, -0.2) is 0 Å². The molecule has 0 radical (unpaired) electrons. The molecule has 0 spiro atoms. The van der Waals surface area contributed by atoms with Gasteiger partial charge >= 0.3 is 0 Å². The lowest BCUT2D eigenvalue weighted by Gasteiger charge is -2.31. The van der Waals surface area contributed by atoms with E-state index in [1.807, 2.05) is 67.6 Å². The highest BCUT2D eigenvalue weighted by atomic mass is 15.0. The van der Waals surface area contributed by atoms with E-state index < -0.39 is 12.4 Å². The molecule has 1 nitrogen and oxygen atoms in total. The lowest BCUT2D eigenvalue weighted by atomic mass is 9.89. The first kappa shape index (κ1) is 8.35. The minimum atomic E-state index is -1.99. The summed E-state index contributed by atoms with van der Waals surface area (Å²) in [5, 5.41) is 3.37. The van der Waals surface area contributed by atoms with Gasteiger partial charge in [0.05, 0.1) is 5.54 Å². The van der Waals surface area contributed by atoms with Crippen LogP contribution in [0, 0.1) is 0 Å². The summed E-state index contributed by atoms with van der Waals surface area (Å²) in [6.45, 7) is -0.0614. The minimum Gasteiger partial charge on any atom is -0.376 e. The molecule has 17 heavy (non-hydrogen) atoms. The van der Waals surface area contributed by atoms with E-state index in [1.54, 1.807) is 0 Å². The Balaban J connectivity index is 2.34. The van der Waals surface area contributed by atoms with E-state index in [1.165, 1.54) is 0 Å². The molecular weight excluding hydrogens is 206 g/mol. The Bertz CT molecular complexity index is 537. The molecule has 0 amide bonds. The van der Waals surface area contributed by atoms with Gasteiger partial charge in [0.15, 0.2) is 0 Å². The fourth-order valence-electron chi connectivity index (χ4n) is 1.86. The van der Waals surface area contributed by atoms with Crippen molar-refractivity contribution < 1.29 is 4.11 Å². The van der Waals surface area contributed by atoms with Crippen molar-refractivity contribution >= 4 is 5.69 Å². The van der Waals surface area contributed by atoms with Crippen LogP contribution in [0.1, 0.15) is 29.9 Å². The Morgan fingerprint density at radius 1 is 1.00 bits per heavy atom. The zero-order chi connectivity index (χ0) is 14.6. The average Bonchev–Trinajstić information content (AvgIpc) is 2.39. The summed E-state index contributed by atoms with van der Waals surface area (Å²) in [4.78, 5) is 0. The lowest BCUT2D eigenvalue weighted by molar-refractivity contribution is 0.523. The number of para-hydroxylation sites is 1. The van der Waals surface area contributed by atoms with Crippen LogP contribution in [0.3, 0.4) is 0 Å². The Morgan fingerprint density at radius 2 is 1.59 bits per heavy atom. The van der Waals surface area contributed by atoms with E-state index in [-0.39, 0.29) is 6.42 Å². The molecule has 1 heteroatoms. The van der Waals surface area contributed by atoms with E-state index >= 15 is 0 Å². The molecule has 0 aliphatic heterocycles. The summed E-state index contributed by atoms with van der Waals surface area (Å²) in [6, 6.07) is 19.4. The second-order valence-corrected chi connectivity index (χ2v) is 4.37. The van der Waals surface area contributed by atoms with Crippen LogP contribution >= 0.6 is 0 Å². The van der Waals surface area contributed by atoms with Gasteiger partial charge in [0.25, 0.3) is 0 Å². The van der Waals surface area contributed by atoms with Crippen LogP contribution < -0.4 is 5.32 Å². The van der Waals surface area contributed by atoms with E-state index in [4.69, 9.17) is 4.11 Å². The number of hydrogen-bond acceptors (Lipinski definition) is 1. The quantitative estimate of drug-likeness (QED) is 0.816. The molecular formula is C16H19N. The van der Waals surface area contributed by atoms with E-state index in [0.717, 1.165) is 11.3 Å². The van der Waals surface area contributed by atoms with Gasteiger partial charge in [0.2, 0.25) is 0 Å². The van der Waals surface area contributed by atoms with Crippen molar-refractivity contribution in [2.45, 2.75) is 25.7 Å². The highest BCUT2D eigenvalue weighted by Crippen LogP contribution is 2.28. The molecule has 2 rings (SSSR count). The standard InChI is InChI=1S/C16H19N/c1-3-16(2,14-10-6-4-7-11-14)17-15-12-8-5-9-13-15/h4-13,17H,3H2,1-2H3/i1D3. The molecule has 0 bridgehead atoms. The van der Waals surface area contributed by atoms with E-state index in [0.29, 0.717) is 0 Å². The maximum Gasteiger partial charge on any atom is 0.0594 e. The lowest BCUT2D eigenvalue weighted by Crippen LogP contribution is -2.30. The van der Waals surface area contributed by atoms with Crippen molar-refractivity contribution in [3.05, 3.63) is 66.2 Å². The van der Waals surface area contributed by atoms with Crippen LogP contribution in [0.5, 0.6) is 0 Å². The van der Waals surface area contributed by atoms with Crippen LogP contribution in [0.15, 0.2) is 60.7 Å². The molecule has 1 unspecified atom stereocenters. The normalized spacial score (nSPS) is 17.4. The van der Waals surface area contributed by atoms with Crippen molar-refractivity contribution in [3.8, 4) is 0 Å². The van der Waals surface area contributed by atoms with Crippen molar-refractivity contribution in [1.29, 1.82) is 0 Å². The topological polar surface area (TPSA) is 12.0 Å². The number of hydrogen-bond donors (Lipinski definition) is 1. The van der Waals surface area contributed by atoms with Gasteiger partial charge < -0.3 is 5.32 Å². The second-order valence-electron chi connectivity index (χ2n) is 4.37. The van der Waals surface area contributed by atoms with Gasteiger partial charge in [-0.3, -0.25) is 0 Å². The predicted octanol–water partition coefficient (Wildman–Crippen LogP) is 4.42. The summed E-state index contributed by atoms with van der Waals surface area (Å²) >= 11 is 0. The fourth-order valence-corrected chi connectivity index (χ4v) is 1.86. The highest BCUT2D eigenvalue weighted by Gasteiger charge is 2.23. The third-order valence-corrected chi connectivity index (χ3v) is 2.96. The predicted molar refractivity (Wildman–Crippen MR) is 74.1 cm³/mol. The van der Waals surface area contributed by atoms with Crippen molar-refractivity contribution in [3.63, 3.8) is 0 Å². The van der Waals surface area contributed by atoms with Crippen LogP contribution in [0.25, 0.3) is 0 Å². The number of rotatable bonds is 4. The number of anilines is 1. The van der Waals surface area contributed by atoms with Gasteiger partial charge in [-0.05, 0) is 31.0 Å². The largest absolute Gasteiger partial charge is 0.376 e. The number of benzene rings is 2. The van der Waals surface area contributed by atoms with Crippen molar-refractivity contribution in [2.24, 2.45) is 0 Å². The van der Waals surface area contributed by atoms with Crippen LogP contribution in [-0.4, -0.2) is 0 Å². The zero-order valence-corrected chi connectivity index (χ0v) is 9.98. The maximum atomic E-state index is 7.60. The van der Waals surface area contributed by atoms with Gasteiger partial charge in [-0.1, -0.05) is 55.4 Å². The minimum absolute atomic E-state index is 0.0684. The van der Waals surface area contributed by atoms with Crippen molar-refractivity contribution in [2.75, 3.05) is 5.32 Å². The summed E-state index contributed by atoms with van der Waals surface area (Å²) in [5.74, 6) is 0. The third-order valence-electron chi connectivity index (χ3n) is 2.96. The van der Waals surface area contributed by atoms with Crippen LogP contribution in [0.4, 0.5) is 5.69 Å². The van der Waals surface area contributed by atoms with Crippen molar-refractivity contribution in [1.82, 2.24) is 0 Å². The molecule has 1 atom stereocenters. The van der Waals surface area contributed by atoms with E-state index in [9.17, 15) is 0 Å². The maximum absolute atomic E-state index is 7.60. The molecule has 2 aromatic rings. The summed E-state index contributed by atoms with van der Waals surface area (Å²) in [7, 11) is 0. The molecule has 0 heterocycles. The van der Waals surface area contributed by atoms with Gasteiger partial charge in [0, 0.05) is 9.80 Å². The molecule has 0 aromatic heterocycles. The van der Waals surface area contributed by atoms with Gasteiger partial charge in [-0.15, -0.1) is 0 Å². The monoisotopic (exact) mass is 228 g/mol. The van der Waals surface area contributed by atoms with Gasteiger partial charge in [-0.2, -0.15) is 0 Å². The van der Waals surface area contributed by atoms with Crippen LogP contribution in [0.2, 0.25) is 0 Å². The molecule has 88 valence electrons. The molecule has 1 N–H and O–H groups in total. The molecule has 0 saturated heterocycles. The summed E-state index contributed by atoms with van der Waals surface area (Å²) < 4.78 is 22.8. The first-order chi connectivity index (χ1) is 9.39. The first-order valence-corrected chi connectivity index (χ1v) is 5.78. The van der Waals surface area contributed by atoms with E-state index in [2.05, 4.69) is 5.32 Å². The molecule has 0 aliphatic carbocycles. The fraction of sp³-hybridized carbons (Fsp3) is 0.250. The first-order valence-electron chi connectivity index (χ1n) is 7.28. The molecule has 2 aromatic carbocycles. The Morgan fingerprint density at radius 3 is 2.18 bits per heavy atom. The molecule has 0 saturated carbocycles. The zero-order valence-electron chi connectivity index (χ0n) is 13.0. The van der Waals surface area contributed by atoms with Gasteiger partial charge in [0.1, 0.15) is 0 Å².